The van der Waals surface area contributed by atoms with E-state index in [1.807, 2.05) is 25.1 Å². The largest absolute Gasteiger partial charge is 0.493 e. The Labute approximate surface area is 158 Å². The van der Waals surface area contributed by atoms with Crippen LogP contribution in [0.25, 0.3) is 0 Å². The molecule has 2 N–H and O–H groups in total. The molecule has 132 valence electrons. The van der Waals surface area contributed by atoms with Crippen molar-refractivity contribution in [3.05, 3.63) is 29.9 Å². The van der Waals surface area contributed by atoms with Crippen molar-refractivity contribution in [3.8, 4) is 11.5 Å². The van der Waals surface area contributed by atoms with Crippen LogP contribution < -0.4 is 20.1 Å². The summed E-state index contributed by atoms with van der Waals surface area (Å²) >= 11 is 0. The Kier molecular flexibility index (Phi) is 8.30. The van der Waals surface area contributed by atoms with Crippen molar-refractivity contribution in [2.75, 3.05) is 26.1 Å². The van der Waals surface area contributed by atoms with E-state index < -0.39 is 0 Å². The van der Waals surface area contributed by atoms with Crippen LogP contribution in [0.2, 0.25) is 0 Å². The Morgan fingerprint density at radius 3 is 2.71 bits per heavy atom. The van der Waals surface area contributed by atoms with Gasteiger partial charge in [0.2, 0.25) is 5.89 Å². The van der Waals surface area contributed by atoms with E-state index in [9.17, 15) is 0 Å². The molecule has 0 amide bonds. The summed E-state index contributed by atoms with van der Waals surface area (Å²) in [6, 6.07) is 5.58. The number of aryl methyl sites for hydroxylation is 1. The molecule has 0 spiro atoms. The van der Waals surface area contributed by atoms with Crippen molar-refractivity contribution >= 4 is 35.6 Å². The molecule has 9 heteroatoms. The molecule has 0 radical (unpaired) electrons. The lowest BCUT2D eigenvalue weighted by atomic mass is 10.2. The molecule has 1 heterocycles. The number of nitrogens with zero attached hydrogens (tertiary/aromatic N) is 3. The number of ether oxygens (including phenoxy) is 2. The summed E-state index contributed by atoms with van der Waals surface area (Å²) < 4.78 is 15.7. The van der Waals surface area contributed by atoms with E-state index in [2.05, 4.69) is 25.8 Å². The summed E-state index contributed by atoms with van der Waals surface area (Å²) in [5, 5.41) is 10.1. The van der Waals surface area contributed by atoms with Crippen molar-refractivity contribution in [2.45, 2.75) is 20.4 Å². The van der Waals surface area contributed by atoms with E-state index in [0.29, 0.717) is 42.3 Å². The fourth-order valence-corrected chi connectivity index (χ4v) is 1.91. The predicted octanol–water partition coefficient (Wildman–Crippen LogP) is 2.59. The molecule has 8 nitrogen and oxygen atoms in total. The number of methoxy groups -OCH3 is 1. The average Bonchev–Trinajstić information content (AvgIpc) is 2.98. The van der Waals surface area contributed by atoms with Crippen molar-refractivity contribution in [2.24, 2.45) is 4.99 Å². The Morgan fingerprint density at radius 1 is 1.33 bits per heavy atom. The van der Waals surface area contributed by atoms with Crippen LogP contribution in [0.4, 0.5) is 5.69 Å². The second kappa shape index (κ2) is 9.96. The van der Waals surface area contributed by atoms with E-state index in [1.54, 1.807) is 21.1 Å². The number of halogens is 1. The Bertz CT molecular complexity index is 675. The van der Waals surface area contributed by atoms with Gasteiger partial charge in [0.25, 0.3) is 0 Å². The minimum atomic E-state index is 0. The number of nitrogens with one attached hydrogen (secondary N) is 2. The van der Waals surface area contributed by atoms with Gasteiger partial charge in [0.1, 0.15) is 0 Å². The van der Waals surface area contributed by atoms with Crippen LogP contribution in [-0.2, 0) is 6.54 Å². The molecule has 1 aromatic heterocycles. The molecular weight excluding hydrogens is 425 g/mol. The maximum Gasteiger partial charge on any atom is 0.223 e. The Morgan fingerprint density at radius 2 is 2.12 bits per heavy atom. The molecule has 1 aromatic carbocycles. The summed E-state index contributed by atoms with van der Waals surface area (Å²) in [7, 11) is 3.29. The standard InChI is InChI=1S/C15H21N5O3.HI/c1-5-22-12-7-6-11(8-13(12)21-4)19-15(16-3)17-9-14-18-10(2)23-20-14;/h6-8H,5,9H2,1-4H3,(H2,16,17,19);1H. The van der Waals surface area contributed by atoms with Crippen molar-refractivity contribution < 1.29 is 14.0 Å². The van der Waals surface area contributed by atoms with Gasteiger partial charge < -0.3 is 24.6 Å². The highest BCUT2D eigenvalue weighted by Gasteiger charge is 2.08. The normalized spacial score (nSPS) is 10.8. The fourth-order valence-electron chi connectivity index (χ4n) is 1.91. The topological polar surface area (TPSA) is 93.8 Å². The fraction of sp³-hybridized carbons (Fsp3) is 0.400. The van der Waals surface area contributed by atoms with Crippen molar-refractivity contribution in [3.63, 3.8) is 0 Å². The number of aromatic nitrogens is 2. The average molecular weight is 447 g/mol. The van der Waals surface area contributed by atoms with Crippen LogP contribution in [0.5, 0.6) is 11.5 Å². The van der Waals surface area contributed by atoms with Crippen LogP contribution in [0.3, 0.4) is 0 Å². The lowest BCUT2D eigenvalue weighted by Gasteiger charge is -2.14. The van der Waals surface area contributed by atoms with Crippen molar-refractivity contribution in [1.29, 1.82) is 0 Å². The minimum Gasteiger partial charge on any atom is -0.493 e. The minimum absolute atomic E-state index is 0. The smallest absolute Gasteiger partial charge is 0.223 e. The molecule has 0 atom stereocenters. The second-order valence-electron chi connectivity index (χ2n) is 4.58. The number of hydrogen-bond acceptors (Lipinski definition) is 6. The maximum absolute atomic E-state index is 5.50. The molecule has 0 saturated carbocycles. The molecule has 0 saturated heterocycles. The van der Waals surface area contributed by atoms with Crippen LogP contribution in [0, 0.1) is 6.92 Å². The van der Waals surface area contributed by atoms with Gasteiger partial charge in [0.05, 0.1) is 20.3 Å². The van der Waals surface area contributed by atoms with E-state index in [-0.39, 0.29) is 24.0 Å². The predicted molar refractivity (Wildman–Crippen MR) is 102 cm³/mol. The van der Waals surface area contributed by atoms with E-state index in [1.165, 1.54) is 0 Å². The lowest BCUT2D eigenvalue weighted by Crippen LogP contribution is -2.30. The van der Waals surface area contributed by atoms with Crippen LogP contribution >= 0.6 is 24.0 Å². The SMILES string of the molecule is CCOc1ccc(NC(=NC)NCc2noc(C)n2)cc1OC.I. The number of guanidine groups is 1. The van der Waals surface area contributed by atoms with Crippen molar-refractivity contribution in [1.82, 2.24) is 15.5 Å². The zero-order valence-electron chi connectivity index (χ0n) is 14.1. The number of hydrogen-bond donors (Lipinski definition) is 2. The van der Waals surface area contributed by atoms with Crippen LogP contribution in [0.15, 0.2) is 27.7 Å². The lowest BCUT2D eigenvalue weighted by molar-refractivity contribution is 0.311. The number of anilines is 1. The van der Waals surface area contributed by atoms with Crippen LogP contribution in [-0.4, -0.2) is 36.9 Å². The molecule has 24 heavy (non-hydrogen) atoms. The van der Waals surface area contributed by atoms with E-state index in [0.717, 1.165) is 5.69 Å². The number of aliphatic imine (C=N–C) groups is 1. The highest BCUT2D eigenvalue weighted by atomic mass is 127. The third-order valence-corrected chi connectivity index (χ3v) is 2.93. The third kappa shape index (κ3) is 5.55. The molecule has 2 rings (SSSR count). The van der Waals surface area contributed by atoms with Gasteiger partial charge in [0, 0.05) is 25.7 Å². The number of rotatable bonds is 6. The second-order valence-corrected chi connectivity index (χ2v) is 4.58. The summed E-state index contributed by atoms with van der Waals surface area (Å²) in [4.78, 5) is 8.28. The first kappa shape index (κ1) is 20.0. The Balaban J connectivity index is 0.00000288. The third-order valence-electron chi connectivity index (χ3n) is 2.93. The Hall–Kier alpha value is -2.04. The van der Waals surface area contributed by atoms with Gasteiger partial charge in [-0.15, -0.1) is 24.0 Å². The zero-order chi connectivity index (χ0) is 16.7. The summed E-state index contributed by atoms with van der Waals surface area (Å²) in [6.45, 7) is 4.66. The molecule has 0 bridgehead atoms. The van der Waals surface area contributed by atoms with Gasteiger partial charge in [-0.3, -0.25) is 4.99 Å². The van der Waals surface area contributed by atoms with E-state index >= 15 is 0 Å². The monoisotopic (exact) mass is 447 g/mol. The first-order valence-electron chi connectivity index (χ1n) is 7.24. The maximum atomic E-state index is 5.50. The van der Waals surface area contributed by atoms with Gasteiger partial charge in [-0.25, -0.2) is 0 Å². The first-order valence-corrected chi connectivity index (χ1v) is 7.24. The van der Waals surface area contributed by atoms with E-state index in [4.69, 9.17) is 14.0 Å². The molecule has 0 unspecified atom stereocenters. The van der Waals surface area contributed by atoms with Gasteiger partial charge in [-0.2, -0.15) is 4.98 Å². The van der Waals surface area contributed by atoms with Gasteiger partial charge in [-0.05, 0) is 19.1 Å². The van der Waals surface area contributed by atoms with Gasteiger partial charge in [0.15, 0.2) is 23.3 Å². The zero-order valence-corrected chi connectivity index (χ0v) is 16.5. The molecule has 0 aliphatic carbocycles. The summed E-state index contributed by atoms with van der Waals surface area (Å²) in [6.07, 6.45) is 0. The first-order chi connectivity index (χ1) is 11.2. The van der Waals surface area contributed by atoms with Gasteiger partial charge in [-0.1, -0.05) is 5.16 Å². The molecule has 2 aromatic rings. The van der Waals surface area contributed by atoms with Crippen LogP contribution in [0.1, 0.15) is 18.6 Å². The summed E-state index contributed by atoms with van der Waals surface area (Å²) in [5.74, 6) is 3.03. The molecule has 0 fully saturated rings. The number of benzene rings is 1. The highest BCUT2D eigenvalue weighted by Crippen LogP contribution is 2.30. The molecule has 0 aliphatic rings. The van der Waals surface area contributed by atoms with Gasteiger partial charge >= 0.3 is 0 Å². The summed E-state index contributed by atoms with van der Waals surface area (Å²) in [5.41, 5.74) is 0.822. The molecular formula is C15H22IN5O3. The molecule has 0 aliphatic heterocycles. The highest BCUT2D eigenvalue weighted by molar-refractivity contribution is 14.0. The quantitative estimate of drug-likeness (QED) is 0.400.